The van der Waals surface area contributed by atoms with E-state index in [2.05, 4.69) is 4.98 Å². The maximum atomic E-state index is 11.9. The Morgan fingerprint density at radius 3 is 2.59 bits per heavy atom. The van der Waals surface area contributed by atoms with E-state index in [0.717, 1.165) is 11.3 Å². The topological polar surface area (TPSA) is 78.6 Å². The molecule has 1 heterocycles. The summed E-state index contributed by atoms with van der Waals surface area (Å²) >= 11 is 0. The van der Waals surface area contributed by atoms with Crippen molar-refractivity contribution in [3.05, 3.63) is 36.2 Å². The third kappa shape index (κ3) is 4.57. The number of sulfone groups is 1. The number of aromatic nitrogens is 1. The molecule has 0 saturated carbocycles. The summed E-state index contributed by atoms with van der Waals surface area (Å²) in [4.78, 5) is 4.22. The van der Waals surface area contributed by atoms with E-state index in [-0.39, 0.29) is 18.1 Å². The van der Waals surface area contributed by atoms with Crippen LogP contribution in [0.15, 0.2) is 34.9 Å². The number of oxazole rings is 1. The Labute approximate surface area is 130 Å². The molecule has 0 bridgehead atoms. The third-order valence-corrected chi connectivity index (χ3v) is 4.52. The highest BCUT2D eigenvalue weighted by atomic mass is 32.2. The van der Waals surface area contributed by atoms with E-state index in [4.69, 9.17) is 13.9 Å². The van der Waals surface area contributed by atoms with Crippen LogP contribution in [0.2, 0.25) is 0 Å². The average molecular weight is 325 g/mol. The van der Waals surface area contributed by atoms with Gasteiger partial charge in [-0.05, 0) is 31.2 Å². The predicted molar refractivity (Wildman–Crippen MR) is 82.5 cm³/mol. The van der Waals surface area contributed by atoms with Crippen LogP contribution in [0.25, 0.3) is 11.5 Å². The van der Waals surface area contributed by atoms with E-state index in [0.29, 0.717) is 18.2 Å². The second-order valence-electron chi connectivity index (χ2n) is 4.66. The van der Waals surface area contributed by atoms with Crippen molar-refractivity contribution in [3.63, 3.8) is 0 Å². The van der Waals surface area contributed by atoms with Crippen LogP contribution >= 0.6 is 0 Å². The molecule has 1 aromatic carbocycles. The molecule has 7 heteroatoms. The van der Waals surface area contributed by atoms with Crippen LogP contribution in [0.1, 0.15) is 12.6 Å². The fraction of sp³-hybridized carbons (Fsp3) is 0.400. The molecule has 0 aliphatic heterocycles. The number of methoxy groups -OCH3 is 1. The van der Waals surface area contributed by atoms with Gasteiger partial charge in [-0.3, -0.25) is 0 Å². The van der Waals surface area contributed by atoms with Crippen LogP contribution < -0.4 is 4.74 Å². The van der Waals surface area contributed by atoms with Crippen LogP contribution in [0.4, 0.5) is 0 Å². The van der Waals surface area contributed by atoms with Gasteiger partial charge in [0.2, 0.25) is 5.89 Å². The Morgan fingerprint density at radius 2 is 1.95 bits per heavy atom. The molecule has 0 saturated heterocycles. The van der Waals surface area contributed by atoms with E-state index in [1.54, 1.807) is 31.4 Å². The van der Waals surface area contributed by atoms with Gasteiger partial charge in [0.15, 0.2) is 9.84 Å². The summed E-state index contributed by atoms with van der Waals surface area (Å²) in [6, 6.07) is 7.19. The molecule has 1 aromatic heterocycles. The summed E-state index contributed by atoms with van der Waals surface area (Å²) in [5.74, 6) is 0.942. The van der Waals surface area contributed by atoms with Crippen molar-refractivity contribution in [2.75, 3.05) is 26.1 Å². The number of benzene rings is 1. The number of nitrogens with zero attached hydrogens (tertiary/aromatic N) is 1. The molecule has 0 amide bonds. The quantitative estimate of drug-likeness (QED) is 0.693. The molecule has 0 fully saturated rings. The number of hydrogen-bond donors (Lipinski definition) is 0. The zero-order valence-corrected chi connectivity index (χ0v) is 13.4. The first-order valence-corrected chi connectivity index (χ1v) is 8.73. The monoisotopic (exact) mass is 325 g/mol. The largest absolute Gasteiger partial charge is 0.497 e. The van der Waals surface area contributed by atoms with E-state index in [9.17, 15) is 8.42 Å². The number of rotatable bonds is 8. The highest BCUT2D eigenvalue weighted by Gasteiger charge is 2.16. The molecule has 120 valence electrons. The maximum Gasteiger partial charge on any atom is 0.226 e. The summed E-state index contributed by atoms with van der Waals surface area (Å²) < 4.78 is 39.3. The zero-order chi connectivity index (χ0) is 16.0. The molecule has 0 N–H and O–H groups in total. The van der Waals surface area contributed by atoms with Gasteiger partial charge in [0, 0.05) is 12.2 Å². The molecular weight excluding hydrogens is 306 g/mol. The highest BCUT2D eigenvalue weighted by molar-refractivity contribution is 7.90. The summed E-state index contributed by atoms with van der Waals surface area (Å²) in [7, 11) is -1.67. The summed E-state index contributed by atoms with van der Waals surface area (Å²) in [5, 5.41) is 0. The van der Waals surface area contributed by atoms with Gasteiger partial charge in [0.1, 0.15) is 12.0 Å². The maximum absolute atomic E-state index is 11.9. The Hall–Kier alpha value is -1.86. The van der Waals surface area contributed by atoms with Crippen LogP contribution in [-0.4, -0.2) is 39.5 Å². The van der Waals surface area contributed by atoms with Crippen molar-refractivity contribution in [2.45, 2.75) is 12.7 Å². The van der Waals surface area contributed by atoms with Crippen molar-refractivity contribution in [1.29, 1.82) is 0 Å². The Morgan fingerprint density at radius 1 is 1.23 bits per heavy atom. The van der Waals surface area contributed by atoms with Gasteiger partial charge < -0.3 is 13.9 Å². The minimum absolute atomic E-state index is 0.0223. The zero-order valence-electron chi connectivity index (χ0n) is 12.6. The van der Waals surface area contributed by atoms with Crippen LogP contribution in [0.3, 0.4) is 0 Å². The van der Waals surface area contributed by atoms with Crippen molar-refractivity contribution in [1.82, 2.24) is 4.98 Å². The van der Waals surface area contributed by atoms with Crippen molar-refractivity contribution in [2.24, 2.45) is 0 Å². The molecule has 2 rings (SSSR count). The van der Waals surface area contributed by atoms with Crippen LogP contribution in [0, 0.1) is 0 Å². The standard InChI is InChI=1S/C15H19NO5S/c1-3-20-8-9-22(17,18)11-13-10-21-15(16-13)12-4-6-14(19-2)7-5-12/h4-7,10H,3,8-9,11H2,1-2H3. The lowest BCUT2D eigenvalue weighted by Gasteiger charge is -2.02. The molecule has 6 nitrogen and oxygen atoms in total. The van der Waals surface area contributed by atoms with E-state index < -0.39 is 9.84 Å². The predicted octanol–water partition coefficient (Wildman–Crippen LogP) is 2.30. The van der Waals surface area contributed by atoms with Gasteiger partial charge >= 0.3 is 0 Å². The lowest BCUT2D eigenvalue weighted by molar-refractivity contribution is 0.163. The minimum Gasteiger partial charge on any atom is -0.497 e. The van der Waals surface area contributed by atoms with Crippen molar-refractivity contribution >= 4 is 9.84 Å². The molecule has 2 aromatic rings. The molecule has 0 aliphatic carbocycles. The summed E-state index contributed by atoms with van der Waals surface area (Å²) in [5.41, 5.74) is 1.15. The fourth-order valence-corrected chi connectivity index (χ4v) is 2.97. The lowest BCUT2D eigenvalue weighted by atomic mass is 10.2. The smallest absolute Gasteiger partial charge is 0.226 e. The second-order valence-corrected chi connectivity index (χ2v) is 6.85. The first-order chi connectivity index (χ1) is 10.5. The van der Waals surface area contributed by atoms with Gasteiger partial charge in [0.25, 0.3) is 0 Å². The normalized spacial score (nSPS) is 11.5. The van der Waals surface area contributed by atoms with Crippen LogP contribution in [0.5, 0.6) is 5.75 Å². The molecular formula is C15H19NO5S. The molecule has 0 atom stereocenters. The first-order valence-electron chi connectivity index (χ1n) is 6.91. The number of hydrogen-bond acceptors (Lipinski definition) is 6. The second kappa shape index (κ2) is 7.42. The van der Waals surface area contributed by atoms with Crippen molar-refractivity contribution < 1.29 is 22.3 Å². The van der Waals surface area contributed by atoms with E-state index >= 15 is 0 Å². The average Bonchev–Trinajstić information content (AvgIpc) is 2.95. The van der Waals surface area contributed by atoms with E-state index in [1.807, 2.05) is 6.92 Å². The highest BCUT2D eigenvalue weighted by Crippen LogP contribution is 2.22. The fourth-order valence-electron chi connectivity index (χ4n) is 1.87. The van der Waals surface area contributed by atoms with Crippen molar-refractivity contribution in [3.8, 4) is 17.2 Å². The van der Waals surface area contributed by atoms with Gasteiger partial charge in [-0.1, -0.05) is 0 Å². The molecule has 0 aliphatic rings. The minimum atomic E-state index is -3.25. The molecule has 0 unspecified atom stereocenters. The third-order valence-electron chi connectivity index (χ3n) is 3.00. The summed E-state index contributed by atoms with van der Waals surface area (Å²) in [6.07, 6.45) is 1.37. The van der Waals surface area contributed by atoms with Gasteiger partial charge in [0.05, 0.1) is 30.9 Å². The number of ether oxygens (including phenoxy) is 2. The summed E-state index contributed by atoms with van der Waals surface area (Å²) in [6.45, 7) is 2.52. The Bertz CT molecular complexity index is 691. The Kier molecular flexibility index (Phi) is 5.57. The molecule has 0 spiro atoms. The van der Waals surface area contributed by atoms with Gasteiger partial charge in [-0.2, -0.15) is 0 Å². The lowest BCUT2D eigenvalue weighted by Crippen LogP contribution is -2.14. The van der Waals surface area contributed by atoms with Crippen LogP contribution in [-0.2, 0) is 20.3 Å². The van der Waals surface area contributed by atoms with Gasteiger partial charge in [-0.25, -0.2) is 13.4 Å². The van der Waals surface area contributed by atoms with Gasteiger partial charge in [-0.15, -0.1) is 0 Å². The molecule has 22 heavy (non-hydrogen) atoms. The SMILES string of the molecule is CCOCCS(=O)(=O)Cc1coc(-c2ccc(OC)cc2)n1. The first kappa shape index (κ1) is 16.5. The van der Waals surface area contributed by atoms with E-state index in [1.165, 1.54) is 6.26 Å². The molecule has 0 radical (unpaired) electrons. The Balaban J connectivity index is 2.04.